The molecule has 0 bridgehead atoms. The highest BCUT2D eigenvalue weighted by molar-refractivity contribution is 5.90. The van der Waals surface area contributed by atoms with Crippen molar-refractivity contribution in [1.29, 1.82) is 0 Å². The molecular formula is C13H18N2O3. The molecule has 0 fully saturated rings. The number of anilines is 1. The number of rotatable bonds is 1. The molecule has 1 atom stereocenters. The highest BCUT2D eigenvalue weighted by Gasteiger charge is 2.36. The Hall–Kier alpha value is -1.62. The minimum atomic E-state index is -0.561. The van der Waals surface area contributed by atoms with Gasteiger partial charge in [-0.25, -0.2) is 9.78 Å². The van der Waals surface area contributed by atoms with Crippen LogP contribution in [-0.2, 0) is 11.2 Å². The molecular weight excluding hydrogens is 232 g/mol. The zero-order valence-electron chi connectivity index (χ0n) is 10.9. The summed E-state index contributed by atoms with van der Waals surface area (Å²) in [6.07, 6.45) is 1.79. The molecule has 0 radical (unpaired) electrons. The fourth-order valence-electron chi connectivity index (χ4n) is 2.02. The van der Waals surface area contributed by atoms with Gasteiger partial charge in [0.05, 0.1) is 12.6 Å². The van der Waals surface area contributed by atoms with Crippen molar-refractivity contribution in [2.24, 2.45) is 0 Å². The number of hydrogen-bond donors (Lipinski definition) is 1. The van der Waals surface area contributed by atoms with Crippen LogP contribution < -0.4 is 4.90 Å². The van der Waals surface area contributed by atoms with Gasteiger partial charge >= 0.3 is 6.09 Å². The van der Waals surface area contributed by atoms with Crippen molar-refractivity contribution in [3.63, 3.8) is 0 Å². The number of aliphatic hydroxyl groups excluding tert-OH is 1. The molecule has 1 amide bonds. The number of carbonyl (C=O) groups excluding carboxylic acids is 1. The van der Waals surface area contributed by atoms with Crippen LogP contribution in [-0.4, -0.2) is 34.4 Å². The van der Waals surface area contributed by atoms with E-state index in [0.29, 0.717) is 12.2 Å². The van der Waals surface area contributed by atoms with Crippen LogP contribution in [0.5, 0.6) is 0 Å². The molecule has 1 aliphatic rings. The van der Waals surface area contributed by atoms with E-state index in [2.05, 4.69) is 4.98 Å². The van der Waals surface area contributed by atoms with E-state index in [1.165, 1.54) is 4.90 Å². The summed E-state index contributed by atoms with van der Waals surface area (Å²) in [5.74, 6) is 0.589. The van der Waals surface area contributed by atoms with Gasteiger partial charge in [0, 0.05) is 6.20 Å². The summed E-state index contributed by atoms with van der Waals surface area (Å²) in [6, 6.07) is 3.45. The summed E-state index contributed by atoms with van der Waals surface area (Å²) >= 11 is 0. The van der Waals surface area contributed by atoms with Crippen molar-refractivity contribution < 1.29 is 14.6 Å². The lowest BCUT2D eigenvalue weighted by atomic mass is 10.1. The van der Waals surface area contributed by atoms with Crippen LogP contribution in [0, 0.1) is 0 Å². The van der Waals surface area contributed by atoms with Gasteiger partial charge in [0.25, 0.3) is 0 Å². The van der Waals surface area contributed by atoms with Crippen molar-refractivity contribution >= 4 is 11.9 Å². The average molecular weight is 250 g/mol. The van der Waals surface area contributed by atoms with Gasteiger partial charge in [0.1, 0.15) is 11.4 Å². The van der Waals surface area contributed by atoms with Gasteiger partial charge in [-0.3, -0.25) is 4.90 Å². The molecule has 0 aliphatic carbocycles. The minimum Gasteiger partial charge on any atom is -0.443 e. The van der Waals surface area contributed by atoms with Crippen LogP contribution in [0.15, 0.2) is 18.3 Å². The molecule has 1 aromatic heterocycles. The monoisotopic (exact) mass is 250 g/mol. The lowest BCUT2D eigenvalue weighted by Crippen LogP contribution is -2.43. The van der Waals surface area contributed by atoms with Crippen LogP contribution in [0.2, 0.25) is 0 Å². The number of nitrogens with zero attached hydrogens (tertiary/aromatic N) is 2. The molecule has 98 valence electrons. The SMILES string of the molecule is CC(C)(C)OC(=O)N1c2ncccc2CC1CO. The van der Waals surface area contributed by atoms with Crippen molar-refractivity contribution in [3.8, 4) is 0 Å². The van der Waals surface area contributed by atoms with Crippen molar-refractivity contribution in [1.82, 2.24) is 4.98 Å². The maximum absolute atomic E-state index is 12.1. The number of pyridine rings is 1. The maximum atomic E-state index is 12.1. The Morgan fingerprint density at radius 3 is 2.94 bits per heavy atom. The summed E-state index contributed by atoms with van der Waals surface area (Å²) in [5.41, 5.74) is 0.400. The molecule has 1 aliphatic heterocycles. The lowest BCUT2D eigenvalue weighted by molar-refractivity contribution is 0.0556. The molecule has 1 N–H and O–H groups in total. The number of amides is 1. The first-order valence-electron chi connectivity index (χ1n) is 5.99. The van der Waals surface area contributed by atoms with Crippen molar-refractivity contribution in [2.75, 3.05) is 11.5 Å². The molecule has 1 aromatic rings. The normalized spacial score (nSPS) is 18.7. The standard InChI is InChI=1S/C13H18N2O3/c1-13(2,3)18-12(17)15-10(8-16)7-9-5-4-6-14-11(9)15/h4-6,10,16H,7-8H2,1-3H3. The van der Waals surface area contributed by atoms with E-state index >= 15 is 0 Å². The highest BCUT2D eigenvalue weighted by Crippen LogP contribution is 2.30. The van der Waals surface area contributed by atoms with Crippen LogP contribution >= 0.6 is 0 Å². The third-order valence-electron chi connectivity index (χ3n) is 2.72. The Kier molecular flexibility index (Phi) is 3.26. The lowest BCUT2D eigenvalue weighted by Gasteiger charge is -2.27. The molecule has 2 heterocycles. The van der Waals surface area contributed by atoms with Crippen LogP contribution in [0.3, 0.4) is 0 Å². The molecule has 2 rings (SSSR count). The van der Waals surface area contributed by atoms with E-state index in [0.717, 1.165) is 5.56 Å². The third-order valence-corrected chi connectivity index (χ3v) is 2.72. The van der Waals surface area contributed by atoms with Gasteiger partial charge in [0.2, 0.25) is 0 Å². The Morgan fingerprint density at radius 2 is 2.33 bits per heavy atom. The quantitative estimate of drug-likeness (QED) is 0.824. The van der Waals surface area contributed by atoms with Gasteiger partial charge in [-0.05, 0) is 38.8 Å². The van der Waals surface area contributed by atoms with Crippen LogP contribution in [0.1, 0.15) is 26.3 Å². The van der Waals surface area contributed by atoms with E-state index in [-0.39, 0.29) is 12.6 Å². The Labute approximate surface area is 106 Å². The van der Waals surface area contributed by atoms with Gasteiger partial charge < -0.3 is 9.84 Å². The first-order chi connectivity index (χ1) is 8.42. The highest BCUT2D eigenvalue weighted by atomic mass is 16.6. The molecule has 0 saturated heterocycles. The maximum Gasteiger partial charge on any atom is 0.416 e. The molecule has 5 heteroatoms. The molecule has 1 unspecified atom stereocenters. The zero-order chi connectivity index (χ0) is 13.3. The van der Waals surface area contributed by atoms with Crippen LogP contribution in [0.4, 0.5) is 10.6 Å². The van der Waals surface area contributed by atoms with Gasteiger partial charge in [-0.15, -0.1) is 0 Å². The Morgan fingerprint density at radius 1 is 1.61 bits per heavy atom. The summed E-state index contributed by atoms with van der Waals surface area (Å²) in [7, 11) is 0. The fraction of sp³-hybridized carbons (Fsp3) is 0.538. The zero-order valence-corrected chi connectivity index (χ0v) is 10.9. The second kappa shape index (κ2) is 4.57. The number of ether oxygens (including phenoxy) is 1. The van der Waals surface area contributed by atoms with Gasteiger partial charge in [-0.2, -0.15) is 0 Å². The molecule has 0 spiro atoms. The second-order valence-corrected chi connectivity index (χ2v) is 5.38. The van der Waals surface area contributed by atoms with E-state index in [1.54, 1.807) is 6.20 Å². The second-order valence-electron chi connectivity index (χ2n) is 5.38. The van der Waals surface area contributed by atoms with Gasteiger partial charge in [-0.1, -0.05) is 6.07 Å². The number of aliphatic hydroxyl groups is 1. The predicted molar refractivity (Wildman–Crippen MR) is 67.5 cm³/mol. The smallest absolute Gasteiger partial charge is 0.416 e. The third kappa shape index (κ3) is 2.46. The number of hydrogen-bond acceptors (Lipinski definition) is 4. The molecule has 0 aromatic carbocycles. The summed E-state index contributed by atoms with van der Waals surface area (Å²) in [6.45, 7) is 5.34. The fourth-order valence-corrected chi connectivity index (χ4v) is 2.02. The Bertz CT molecular complexity index is 454. The minimum absolute atomic E-state index is 0.102. The van der Waals surface area contributed by atoms with E-state index in [4.69, 9.17) is 4.74 Å². The number of carbonyl (C=O) groups is 1. The summed E-state index contributed by atoms with van der Waals surface area (Å²) < 4.78 is 5.35. The van der Waals surface area contributed by atoms with E-state index < -0.39 is 11.7 Å². The van der Waals surface area contributed by atoms with Crippen molar-refractivity contribution in [2.45, 2.75) is 38.8 Å². The number of aromatic nitrogens is 1. The average Bonchev–Trinajstić information content (AvgIpc) is 2.64. The number of fused-ring (bicyclic) bond motifs is 1. The molecule has 18 heavy (non-hydrogen) atoms. The molecule has 0 saturated carbocycles. The topological polar surface area (TPSA) is 62.7 Å². The van der Waals surface area contributed by atoms with Gasteiger partial charge in [0.15, 0.2) is 0 Å². The van der Waals surface area contributed by atoms with Crippen LogP contribution in [0.25, 0.3) is 0 Å². The molecule has 5 nitrogen and oxygen atoms in total. The Balaban J connectivity index is 2.27. The van der Waals surface area contributed by atoms with Crippen molar-refractivity contribution in [3.05, 3.63) is 23.9 Å². The van der Waals surface area contributed by atoms with E-state index in [9.17, 15) is 9.90 Å². The first kappa shape index (κ1) is 12.8. The first-order valence-corrected chi connectivity index (χ1v) is 5.99. The summed E-state index contributed by atoms with van der Waals surface area (Å²) in [5, 5.41) is 9.38. The largest absolute Gasteiger partial charge is 0.443 e. The summed E-state index contributed by atoms with van der Waals surface area (Å²) in [4.78, 5) is 17.8. The van der Waals surface area contributed by atoms with E-state index in [1.807, 2.05) is 32.9 Å². The predicted octanol–water partition coefficient (Wildman–Crippen LogP) is 1.74.